The van der Waals surface area contributed by atoms with Gasteiger partial charge in [-0.3, -0.25) is 9.69 Å². The lowest BCUT2D eigenvalue weighted by Crippen LogP contribution is -2.37. The van der Waals surface area contributed by atoms with Crippen LogP contribution in [0, 0.1) is 5.92 Å². The first-order chi connectivity index (χ1) is 11.1. The first kappa shape index (κ1) is 17.1. The van der Waals surface area contributed by atoms with E-state index >= 15 is 0 Å². The zero-order valence-electron chi connectivity index (χ0n) is 13.9. The molecule has 1 aliphatic rings. The average Bonchev–Trinajstić information content (AvgIpc) is 2.95. The number of benzene rings is 1. The van der Waals surface area contributed by atoms with Gasteiger partial charge < -0.3 is 14.8 Å². The Balaban J connectivity index is 1.93. The van der Waals surface area contributed by atoms with Gasteiger partial charge in [-0.05, 0) is 25.0 Å². The van der Waals surface area contributed by atoms with Gasteiger partial charge in [0, 0.05) is 12.0 Å². The van der Waals surface area contributed by atoms with E-state index < -0.39 is 6.09 Å². The van der Waals surface area contributed by atoms with Crippen molar-refractivity contribution >= 4 is 17.7 Å². The van der Waals surface area contributed by atoms with E-state index in [4.69, 9.17) is 9.47 Å². The Morgan fingerprint density at radius 1 is 1.43 bits per heavy atom. The molecule has 23 heavy (non-hydrogen) atoms. The average molecular weight is 320 g/mol. The molecule has 0 radical (unpaired) electrons. The number of carbonyl (C=O) groups is 2. The van der Waals surface area contributed by atoms with Gasteiger partial charge in [0.15, 0.2) is 0 Å². The Bertz CT molecular complexity index is 557. The van der Waals surface area contributed by atoms with Crippen molar-refractivity contribution < 1.29 is 19.1 Å². The van der Waals surface area contributed by atoms with Crippen molar-refractivity contribution in [3.63, 3.8) is 0 Å². The number of ether oxygens (including phenoxy) is 2. The number of anilines is 1. The van der Waals surface area contributed by atoms with Crippen molar-refractivity contribution in [3.8, 4) is 5.75 Å². The van der Waals surface area contributed by atoms with E-state index in [9.17, 15) is 9.59 Å². The first-order valence-electron chi connectivity index (χ1n) is 7.98. The van der Waals surface area contributed by atoms with Crippen molar-refractivity contribution in [1.82, 2.24) is 5.32 Å². The van der Waals surface area contributed by atoms with Gasteiger partial charge in [0.25, 0.3) is 0 Å². The van der Waals surface area contributed by atoms with E-state index in [1.165, 1.54) is 0 Å². The molecule has 0 bridgehead atoms. The zero-order valence-corrected chi connectivity index (χ0v) is 13.9. The molecule has 0 saturated carbocycles. The highest BCUT2D eigenvalue weighted by Gasteiger charge is 2.33. The Kier molecular flexibility index (Phi) is 5.84. The molecule has 1 heterocycles. The van der Waals surface area contributed by atoms with Gasteiger partial charge in [-0.2, -0.15) is 0 Å². The van der Waals surface area contributed by atoms with Crippen LogP contribution in [0.25, 0.3) is 0 Å². The summed E-state index contributed by atoms with van der Waals surface area (Å²) in [5, 5.41) is 2.87. The van der Waals surface area contributed by atoms with Crippen molar-refractivity contribution in [2.75, 3.05) is 25.1 Å². The topological polar surface area (TPSA) is 67.9 Å². The number of hydrogen-bond donors (Lipinski definition) is 1. The van der Waals surface area contributed by atoms with E-state index in [2.05, 4.69) is 5.32 Å². The quantitative estimate of drug-likeness (QED) is 0.838. The lowest BCUT2D eigenvalue weighted by atomic mass is 10.0. The van der Waals surface area contributed by atoms with Crippen LogP contribution in [0.2, 0.25) is 0 Å². The fraction of sp³-hybridized carbons (Fsp3) is 0.529. The number of carbonyl (C=O) groups excluding carboxylic acids is 2. The van der Waals surface area contributed by atoms with Gasteiger partial charge in [0.2, 0.25) is 5.91 Å². The molecule has 1 N–H and O–H groups in total. The second kappa shape index (κ2) is 7.85. The minimum atomic E-state index is -0.403. The van der Waals surface area contributed by atoms with Crippen LogP contribution in [0.15, 0.2) is 24.3 Å². The first-order valence-corrected chi connectivity index (χ1v) is 7.98. The maximum Gasteiger partial charge on any atom is 0.414 e. The second-order valence-corrected chi connectivity index (χ2v) is 5.58. The van der Waals surface area contributed by atoms with Gasteiger partial charge in [0.05, 0.1) is 25.9 Å². The standard InChI is InChI=1S/C17H24N2O4/c1-4-12(5-2)16(20)18-10-15-11-19(17(21)23-15)13-7-6-8-14(9-13)22-3/h6-9,12,15H,4-5,10-11H2,1-3H3,(H,18,20). The molecule has 6 nitrogen and oxygen atoms in total. The lowest BCUT2D eigenvalue weighted by Gasteiger charge is -2.15. The molecule has 1 aromatic carbocycles. The van der Waals surface area contributed by atoms with Crippen molar-refractivity contribution in [1.29, 1.82) is 0 Å². The summed E-state index contributed by atoms with van der Waals surface area (Å²) in [6, 6.07) is 7.25. The highest BCUT2D eigenvalue weighted by atomic mass is 16.6. The molecule has 126 valence electrons. The third-order valence-corrected chi connectivity index (χ3v) is 4.10. The Morgan fingerprint density at radius 3 is 2.83 bits per heavy atom. The summed E-state index contributed by atoms with van der Waals surface area (Å²) in [5.74, 6) is 0.716. The van der Waals surface area contributed by atoms with E-state index in [1.807, 2.05) is 32.0 Å². The highest BCUT2D eigenvalue weighted by Crippen LogP contribution is 2.25. The van der Waals surface area contributed by atoms with Crippen molar-refractivity contribution in [2.45, 2.75) is 32.8 Å². The minimum Gasteiger partial charge on any atom is -0.497 e. The van der Waals surface area contributed by atoms with Gasteiger partial charge in [-0.15, -0.1) is 0 Å². The van der Waals surface area contributed by atoms with Crippen LogP contribution in [0.4, 0.5) is 10.5 Å². The van der Waals surface area contributed by atoms with E-state index in [0.29, 0.717) is 18.8 Å². The van der Waals surface area contributed by atoms with Gasteiger partial charge in [0.1, 0.15) is 11.9 Å². The predicted octanol–water partition coefficient (Wildman–Crippen LogP) is 2.57. The van der Waals surface area contributed by atoms with Crippen LogP contribution in [0.5, 0.6) is 5.75 Å². The summed E-state index contributed by atoms with van der Waals surface area (Å²) in [6.07, 6.45) is 0.873. The normalized spacial score (nSPS) is 17.3. The summed E-state index contributed by atoms with van der Waals surface area (Å²) in [7, 11) is 1.58. The SMILES string of the molecule is CCC(CC)C(=O)NCC1CN(c2cccc(OC)c2)C(=O)O1. The molecule has 2 amide bonds. The molecule has 1 saturated heterocycles. The van der Waals surface area contributed by atoms with Gasteiger partial charge in [-0.25, -0.2) is 4.79 Å². The Labute approximate surface area is 136 Å². The molecule has 6 heteroatoms. The van der Waals surface area contributed by atoms with Crippen molar-refractivity contribution in [2.24, 2.45) is 5.92 Å². The van der Waals surface area contributed by atoms with Gasteiger partial charge >= 0.3 is 6.09 Å². The number of amides is 2. The molecular weight excluding hydrogens is 296 g/mol. The van der Waals surface area contributed by atoms with Crippen LogP contribution >= 0.6 is 0 Å². The summed E-state index contributed by atoms with van der Waals surface area (Å²) in [5.41, 5.74) is 0.725. The number of cyclic esters (lactones) is 1. The summed E-state index contributed by atoms with van der Waals surface area (Å²) >= 11 is 0. The molecular formula is C17H24N2O4. The fourth-order valence-electron chi connectivity index (χ4n) is 2.64. The number of hydrogen-bond acceptors (Lipinski definition) is 4. The third kappa shape index (κ3) is 4.15. The number of nitrogens with one attached hydrogen (secondary N) is 1. The minimum absolute atomic E-state index is 0.0154. The van der Waals surface area contributed by atoms with Crippen LogP contribution in [-0.4, -0.2) is 38.3 Å². The monoisotopic (exact) mass is 320 g/mol. The molecule has 0 spiro atoms. The van der Waals surface area contributed by atoms with E-state index in [0.717, 1.165) is 18.5 Å². The van der Waals surface area contributed by atoms with E-state index in [1.54, 1.807) is 18.1 Å². The van der Waals surface area contributed by atoms with Gasteiger partial charge in [-0.1, -0.05) is 19.9 Å². The highest BCUT2D eigenvalue weighted by molar-refractivity contribution is 5.90. The van der Waals surface area contributed by atoms with Crippen LogP contribution in [0.1, 0.15) is 26.7 Å². The maximum atomic E-state index is 12.0. The largest absolute Gasteiger partial charge is 0.497 e. The fourth-order valence-corrected chi connectivity index (χ4v) is 2.64. The molecule has 1 fully saturated rings. The predicted molar refractivity (Wildman–Crippen MR) is 87.7 cm³/mol. The van der Waals surface area contributed by atoms with Crippen LogP contribution < -0.4 is 15.0 Å². The zero-order chi connectivity index (χ0) is 16.8. The molecule has 1 aliphatic heterocycles. The second-order valence-electron chi connectivity index (χ2n) is 5.58. The molecule has 2 rings (SSSR count). The third-order valence-electron chi connectivity index (χ3n) is 4.10. The summed E-state index contributed by atoms with van der Waals surface area (Å²) < 4.78 is 10.5. The molecule has 1 aromatic rings. The smallest absolute Gasteiger partial charge is 0.414 e. The van der Waals surface area contributed by atoms with Crippen molar-refractivity contribution in [3.05, 3.63) is 24.3 Å². The van der Waals surface area contributed by atoms with Crippen LogP contribution in [-0.2, 0) is 9.53 Å². The molecule has 1 atom stereocenters. The molecule has 0 aliphatic carbocycles. The number of methoxy groups -OCH3 is 1. The maximum absolute atomic E-state index is 12.0. The number of rotatable bonds is 7. The lowest BCUT2D eigenvalue weighted by molar-refractivity contribution is -0.125. The Hall–Kier alpha value is -2.24. The summed E-state index contributed by atoms with van der Waals surface area (Å²) in [4.78, 5) is 25.6. The van der Waals surface area contributed by atoms with E-state index in [-0.39, 0.29) is 17.9 Å². The van der Waals surface area contributed by atoms with Crippen LogP contribution in [0.3, 0.4) is 0 Å². The molecule has 0 aromatic heterocycles. The molecule has 1 unspecified atom stereocenters. The Morgan fingerprint density at radius 2 is 2.17 bits per heavy atom. The number of nitrogens with zero attached hydrogens (tertiary/aromatic N) is 1. The summed E-state index contributed by atoms with van der Waals surface area (Å²) in [6.45, 7) is 4.73.